The van der Waals surface area contributed by atoms with Crippen LogP contribution in [0.1, 0.15) is 0 Å². The van der Waals surface area contributed by atoms with E-state index in [1.54, 1.807) is 0 Å². The summed E-state index contributed by atoms with van der Waals surface area (Å²) in [5.74, 6) is 0. The zero-order valence-electron chi connectivity index (χ0n) is 5.34. The summed E-state index contributed by atoms with van der Waals surface area (Å²) >= 11 is 0. The molecule has 1 fully saturated rings. The molecule has 0 aliphatic carbocycles. The lowest BCUT2D eigenvalue weighted by molar-refractivity contribution is -0.184. The quantitative estimate of drug-likeness (QED) is 0.302. The maximum Gasteiger partial charge on any atom is 0.134 e. The summed E-state index contributed by atoms with van der Waals surface area (Å²) in [6.45, 7) is -0.0284. The van der Waals surface area contributed by atoms with Gasteiger partial charge in [0, 0.05) is 0 Å². The van der Waals surface area contributed by atoms with Gasteiger partial charge in [-0.1, -0.05) is 0 Å². The van der Waals surface area contributed by atoms with Crippen molar-refractivity contribution in [1.82, 2.24) is 0 Å². The molecule has 5 N–H and O–H groups in total. The van der Waals surface area contributed by atoms with Crippen molar-refractivity contribution >= 4 is 0 Å². The van der Waals surface area contributed by atoms with E-state index in [2.05, 4.69) is 0 Å². The number of nitrogens with two attached hydrogens (primary N) is 1. The summed E-state index contributed by atoms with van der Waals surface area (Å²) in [5, 5.41) is 26.8. The van der Waals surface area contributed by atoms with Gasteiger partial charge in [0.2, 0.25) is 0 Å². The second-order valence-electron chi connectivity index (χ2n) is 2.35. The monoisotopic (exact) mass is 149 g/mol. The minimum absolute atomic E-state index is 0.0284. The second kappa shape index (κ2) is 2.81. The Morgan fingerprint density at radius 3 is 2.30 bits per heavy atom. The standard InChI is InChI=1S/C5H11NO4/c6-5-4(9)3(8)2(7)1-10-5/h2-5,7-9H,1,6H2/t2-,3+,4+,5+/m1/s1. The minimum atomic E-state index is -1.19. The Kier molecular flexibility index (Phi) is 2.22. The molecule has 0 aromatic rings. The third kappa shape index (κ3) is 1.28. The maximum absolute atomic E-state index is 8.96. The number of ether oxygens (including phenoxy) is 1. The first kappa shape index (κ1) is 7.90. The van der Waals surface area contributed by atoms with E-state index in [0.717, 1.165) is 0 Å². The molecule has 5 nitrogen and oxygen atoms in total. The van der Waals surface area contributed by atoms with Crippen LogP contribution in [0, 0.1) is 0 Å². The summed E-state index contributed by atoms with van der Waals surface area (Å²) in [4.78, 5) is 0. The molecule has 0 aromatic carbocycles. The summed E-state index contributed by atoms with van der Waals surface area (Å²) in [6, 6.07) is 0. The van der Waals surface area contributed by atoms with Gasteiger partial charge in [-0.15, -0.1) is 0 Å². The zero-order chi connectivity index (χ0) is 7.72. The molecule has 0 spiro atoms. The number of hydrogen-bond donors (Lipinski definition) is 4. The molecule has 1 heterocycles. The van der Waals surface area contributed by atoms with Gasteiger partial charge in [0.25, 0.3) is 0 Å². The Morgan fingerprint density at radius 1 is 1.20 bits per heavy atom. The molecular formula is C5H11NO4. The van der Waals surface area contributed by atoms with Crippen LogP contribution in [0.5, 0.6) is 0 Å². The summed E-state index contributed by atoms with van der Waals surface area (Å²) in [5.41, 5.74) is 5.19. The lowest BCUT2D eigenvalue weighted by Gasteiger charge is -2.32. The maximum atomic E-state index is 8.96. The molecule has 0 aromatic heterocycles. The molecule has 10 heavy (non-hydrogen) atoms. The van der Waals surface area contributed by atoms with E-state index in [1.165, 1.54) is 0 Å². The van der Waals surface area contributed by atoms with Gasteiger partial charge in [0.15, 0.2) is 0 Å². The first-order chi connectivity index (χ1) is 4.63. The zero-order valence-corrected chi connectivity index (χ0v) is 5.34. The molecule has 0 radical (unpaired) electrons. The van der Waals surface area contributed by atoms with Crippen molar-refractivity contribution in [2.45, 2.75) is 24.5 Å². The highest BCUT2D eigenvalue weighted by Crippen LogP contribution is 2.11. The van der Waals surface area contributed by atoms with Crippen molar-refractivity contribution in [3.63, 3.8) is 0 Å². The van der Waals surface area contributed by atoms with Crippen LogP contribution in [-0.4, -0.2) is 46.5 Å². The van der Waals surface area contributed by atoms with E-state index < -0.39 is 24.5 Å². The van der Waals surface area contributed by atoms with Crippen LogP contribution in [0.3, 0.4) is 0 Å². The van der Waals surface area contributed by atoms with Crippen LogP contribution in [-0.2, 0) is 4.74 Å². The Hall–Kier alpha value is -0.200. The molecule has 4 atom stereocenters. The molecule has 1 aliphatic rings. The van der Waals surface area contributed by atoms with Crippen molar-refractivity contribution in [2.75, 3.05) is 6.61 Å². The first-order valence-electron chi connectivity index (χ1n) is 3.04. The van der Waals surface area contributed by atoms with E-state index in [4.69, 9.17) is 25.8 Å². The fourth-order valence-corrected chi connectivity index (χ4v) is 0.829. The number of aliphatic hydroxyl groups excluding tert-OH is 3. The highest BCUT2D eigenvalue weighted by atomic mass is 16.5. The van der Waals surface area contributed by atoms with Gasteiger partial charge in [0.05, 0.1) is 6.61 Å². The normalized spacial score (nSPS) is 49.2. The molecule has 0 bridgehead atoms. The minimum Gasteiger partial charge on any atom is -0.388 e. The fraction of sp³-hybridized carbons (Fsp3) is 1.00. The van der Waals surface area contributed by atoms with Gasteiger partial charge in [0.1, 0.15) is 24.5 Å². The number of aliphatic hydroxyl groups is 3. The van der Waals surface area contributed by atoms with Crippen LogP contribution in [0.4, 0.5) is 0 Å². The average Bonchev–Trinajstić information content (AvgIpc) is 1.93. The summed E-state index contributed by atoms with van der Waals surface area (Å²) < 4.78 is 4.69. The second-order valence-corrected chi connectivity index (χ2v) is 2.35. The molecule has 0 unspecified atom stereocenters. The predicted molar refractivity (Wildman–Crippen MR) is 31.9 cm³/mol. The molecule has 60 valence electrons. The van der Waals surface area contributed by atoms with Gasteiger partial charge >= 0.3 is 0 Å². The van der Waals surface area contributed by atoms with Gasteiger partial charge in [-0.2, -0.15) is 0 Å². The third-order valence-electron chi connectivity index (χ3n) is 1.54. The van der Waals surface area contributed by atoms with Crippen LogP contribution in [0.2, 0.25) is 0 Å². The van der Waals surface area contributed by atoms with Crippen molar-refractivity contribution in [2.24, 2.45) is 5.73 Å². The molecular weight excluding hydrogens is 138 g/mol. The first-order valence-corrected chi connectivity index (χ1v) is 3.04. The number of hydrogen-bond acceptors (Lipinski definition) is 5. The number of rotatable bonds is 0. The average molecular weight is 149 g/mol. The van der Waals surface area contributed by atoms with Crippen molar-refractivity contribution in [3.05, 3.63) is 0 Å². The molecule has 1 rings (SSSR count). The van der Waals surface area contributed by atoms with Crippen LogP contribution >= 0.6 is 0 Å². The molecule has 0 amide bonds. The Bertz CT molecular complexity index is 106. The largest absolute Gasteiger partial charge is 0.388 e. The van der Waals surface area contributed by atoms with Gasteiger partial charge in [-0.25, -0.2) is 0 Å². The van der Waals surface area contributed by atoms with E-state index in [-0.39, 0.29) is 6.61 Å². The van der Waals surface area contributed by atoms with Gasteiger partial charge < -0.3 is 25.8 Å². The van der Waals surface area contributed by atoms with Crippen LogP contribution in [0.25, 0.3) is 0 Å². The smallest absolute Gasteiger partial charge is 0.134 e. The highest BCUT2D eigenvalue weighted by molar-refractivity contribution is 4.83. The van der Waals surface area contributed by atoms with Crippen molar-refractivity contribution < 1.29 is 20.1 Å². The van der Waals surface area contributed by atoms with Gasteiger partial charge in [-0.3, -0.25) is 0 Å². The summed E-state index contributed by atoms with van der Waals surface area (Å²) in [6.07, 6.45) is -4.30. The Balaban J connectivity index is 2.52. The Labute approximate surface area is 58.0 Å². The van der Waals surface area contributed by atoms with E-state index in [0.29, 0.717) is 0 Å². The third-order valence-corrected chi connectivity index (χ3v) is 1.54. The van der Waals surface area contributed by atoms with Crippen LogP contribution < -0.4 is 5.73 Å². The van der Waals surface area contributed by atoms with Crippen molar-refractivity contribution in [1.29, 1.82) is 0 Å². The van der Waals surface area contributed by atoms with Gasteiger partial charge in [-0.05, 0) is 0 Å². The summed E-state index contributed by atoms with van der Waals surface area (Å²) in [7, 11) is 0. The Morgan fingerprint density at radius 2 is 1.80 bits per heavy atom. The molecule has 0 saturated carbocycles. The molecule has 1 aliphatic heterocycles. The van der Waals surface area contributed by atoms with E-state index in [9.17, 15) is 0 Å². The van der Waals surface area contributed by atoms with Crippen molar-refractivity contribution in [3.8, 4) is 0 Å². The SMILES string of the molecule is N[C@H]1OC[C@@H](O)[C@H](O)[C@@H]1O. The highest BCUT2D eigenvalue weighted by Gasteiger charge is 2.35. The molecule has 1 saturated heterocycles. The lowest BCUT2D eigenvalue weighted by Crippen LogP contribution is -2.56. The van der Waals surface area contributed by atoms with E-state index >= 15 is 0 Å². The lowest BCUT2D eigenvalue weighted by atomic mass is 10.1. The molecule has 5 heteroatoms. The van der Waals surface area contributed by atoms with Crippen LogP contribution in [0.15, 0.2) is 0 Å². The van der Waals surface area contributed by atoms with E-state index in [1.807, 2.05) is 0 Å². The fourth-order valence-electron chi connectivity index (χ4n) is 0.829. The predicted octanol–water partition coefficient (Wildman–Crippen LogP) is -2.62. The topological polar surface area (TPSA) is 95.9 Å².